The molecule has 1 heterocycles. The summed E-state index contributed by atoms with van der Waals surface area (Å²) in [5, 5.41) is 22.3. The maximum absolute atomic E-state index is 11.9. The van der Waals surface area contributed by atoms with Crippen molar-refractivity contribution in [2.45, 2.75) is 36.1 Å². The van der Waals surface area contributed by atoms with Crippen molar-refractivity contribution >= 4 is 35.0 Å². The van der Waals surface area contributed by atoms with Gasteiger partial charge in [-0.1, -0.05) is 11.8 Å². The Hall–Kier alpha value is -1.59. The third-order valence-electron chi connectivity index (χ3n) is 3.21. The highest BCUT2D eigenvalue weighted by Crippen LogP contribution is 2.39. The van der Waals surface area contributed by atoms with Gasteiger partial charge in [-0.3, -0.25) is 9.59 Å². The van der Waals surface area contributed by atoms with Gasteiger partial charge in [0.1, 0.15) is 5.54 Å². The molecule has 2 rings (SSSR count). The third kappa shape index (κ3) is 4.44. The van der Waals surface area contributed by atoms with Gasteiger partial charge in [0.05, 0.1) is 23.9 Å². The highest BCUT2D eigenvalue weighted by molar-refractivity contribution is 8.01. The Kier molecular flexibility index (Phi) is 4.85. The van der Waals surface area contributed by atoms with Crippen LogP contribution in [0.25, 0.3) is 0 Å². The van der Waals surface area contributed by atoms with Gasteiger partial charge in [-0.25, -0.2) is 4.98 Å². The predicted molar refractivity (Wildman–Crippen MR) is 79.1 cm³/mol. The highest BCUT2D eigenvalue weighted by atomic mass is 32.2. The fourth-order valence-electron chi connectivity index (χ4n) is 1.93. The number of nitrogens with zero attached hydrogens (tertiary/aromatic N) is 2. The number of thiazole rings is 1. The molecule has 2 N–H and O–H groups in total. The average molecular weight is 325 g/mol. The second-order valence-corrected chi connectivity index (χ2v) is 7.18. The molecule has 0 radical (unpaired) electrons. The topological polar surface area (TPSA) is 103 Å². The van der Waals surface area contributed by atoms with E-state index in [0.29, 0.717) is 10.0 Å². The first kappa shape index (κ1) is 15.8. The molecule has 1 aromatic heterocycles. The minimum Gasteiger partial charge on any atom is -0.481 e. The molecular formula is C13H15N3O3S2. The van der Waals surface area contributed by atoms with Crippen molar-refractivity contribution < 1.29 is 14.7 Å². The quantitative estimate of drug-likeness (QED) is 0.739. The van der Waals surface area contributed by atoms with Crippen LogP contribution in [0.15, 0.2) is 9.72 Å². The van der Waals surface area contributed by atoms with Gasteiger partial charge in [-0.15, -0.1) is 11.3 Å². The fraction of sp³-hybridized carbons (Fsp3) is 0.538. The van der Waals surface area contributed by atoms with Gasteiger partial charge >= 0.3 is 5.97 Å². The van der Waals surface area contributed by atoms with Crippen LogP contribution in [-0.4, -0.2) is 33.3 Å². The molecule has 0 saturated heterocycles. The summed E-state index contributed by atoms with van der Waals surface area (Å²) in [5.41, 5.74) is -0.287. The lowest BCUT2D eigenvalue weighted by Crippen LogP contribution is -2.47. The van der Waals surface area contributed by atoms with Crippen LogP contribution >= 0.6 is 23.1 Å². The van der Waals surface area contributed by atoms with Gasteiger partial charge in [0.2, 0.25) is 5.91 Å². The summed E-state index contributed by atoms with van der Waals surface area (Å²) >= 11 is 2.57. The lowest BCUT2D eigenvalue weighted by Gasteiger charge is -2.22. The Morgan fingerprint density at radius 1 is 1.67 bits per heavy atom. The van der Waals surface area contributed by atoms with Crippen LogP contribution in [0.1, 0.15) is 25.5 Å². The average Bonchev–Trinajstić information content (AvgIpc) is 3.19. The molecule has 6 nitrogen and oxygen atoms in total. The van der Waals surface area contributed by atoms with Crippen molar-refractivity contribution in [2.24, 2.45) is 5.92 Å². The number of aliphatic carboxylic acids is 1. The summed E-state index contributed by atoms with van der Waals surface area (Å²) in [7, 11) is 0. The number of carboxylic acid groups (broad SMARTS) is 1. The number of hydrogen-bond donors (Lipinski definition) is 2. The summed E-state index contributed by atoms with van der Waals surface area (Å²) in [5.74, 6) is -0.711. The third-order valence-corrected chi connectivity index (χ3v) is 5.28. The molecule has 0 aliphatic heterocycles. The summed E-state index contributed by atoms with van der Waals surface area (Å²) in [6.45, 7) is 1.75. The van der Waals surface area contributed by atoms with Crippen molar-refractivity contribution in [1.29, 1.82) is 5.26 Å². The smallest absolute Gasteiger partial charge is 0.309 e. The second-order valence-electron chi connectivity index (χ2n) is 5.10. The van der Waals surface area contributed by atoms with E-state index < -0.39 is 11.5 Å². The zero-order valence-corrected chi connectivity index (χ0v) is 13.1. The highest BCUT2D eigenvalue weighted by Gasteiger charge is 2.42. The maximum Gasteiger partial charge on any atom is 0.309 e. The van der Waals surface area contributed by atoms with Crippen LogP contribution in [0.3, 0.4) is 0 Å². The van der Waals surface area contributed by atoms with Crippen LogP contribution in [-0.2, 0) is 16.0 Å². The standard InChI is InChI=1S/C13H15N3O3S2/c1-13(7-14,8-2-3-8)16-10(17)6-21-12-15-9(5-20-12)4-11(18)19/h5,8H,2-4,6H2,1H3,(H,16,17)(H,18,19). The Morgan fingerprint density at radius 2 is 2.38 bits per heavy atom. The number of carboxylic acids is 1. The molecule has 1 amide bonds. The van der Waals surface area contributed by atoms with Gasteiger partial charge in [-0.2, -0.15) is 5.26 Å². The maximum atomic E-state index is 11.9. The Morgan fingerprint density at radius 3 is 2.95 bits per heavy atom. The fourth-order valence-corrected chi connectivity index (χ4v) is 3.57. The lowest BCUT2D eigenvalue weighted by molar-refractivity contribution is -0.136. The zero-order valence-electron chi connectivity index (χ0n) is 11.5. The van der Waals surface area contributed by atoms with E-state index in [1.807, 2.05) is 0 Å². The summed E-state index contributed by atoms with van der Waals surface area (Å²) < 4.78 is 0.659. The first-order valence-corrected chi connectivity index (χ1v) is 8.31. The Bertz CT molecular complexity index is 592. The van der Waals surface area contributed by atoms with Crippen LogP contribution < -0.4 is 5.32 Å². The minimum absolute atomic E-state index is 0.114. The molecule has 0 bridgehead atoms. The van der Waals surface area contributed by atoms with Gasteiger partial charge in [0, 0.05) is 5.38 Å². The first-order chi connectivity index (χ1) is 9.93. The number of carbonyl (C=O) groups excluding carboxylic acids is 1. The molecule has 1 unspecified atom stereocenters. The molecule has 21 heavy (non-hydrogen) atoms. The van der Waals surface area contributed by atoms with Gasteiger partial charge < -0.3 is 10.4 Å². The van der Waals surface area contributed by atoms with Crippen molar-refractivity contribution in [1.82, 2.24) is 10.3 Å². The molecule has 1 saturated carbocycles. The van der Waals surface area contributed by atoms with Gasteiger partial charge in [-0.05, 0) is 25.7 Å². The summed E-state index contributed by atoms with van der Waals surface area (Å²) in [4.78, 5) is 26.6. The second kappa shape index (κ2) is 6.45. The van der Waals surface area contributed by atoms with Crippen molar-refractivity contribution in [2.75, 3.05) is 5.75 Å². The molecule has 1 aliphatic carbocycles. The monoisotopic (exact) mass is 325 g/mol. The molecule has 112 valence electrons. The van der Waals surface area contributed by atoms with Crippen LogP contribution in [0.4, 0.5) is 0 Å². The Labute approximate surface area is 130 Å². The number of thioether (sulfide) groups is 1. The van der Waals surface area contributed by atoms with Crippen molar-refractivity contribution in [3.63, 3.8) is 0 Å². The number of amides is 1. The van der Waals surface area contributed by atoms with E-state index in [-0.39, 0.29) is 24.0 Å². The normalized spacial score (nSPS) is 16.8. The minimum atomic E-state index is -0.927. The van der Waals surface area contributed by atoms with Gasteiger partial charge in [0.25, 0.3) is 0 Å². The van der Waals surface area contributed by atoms with E-state index in [4.69, 9.17) is 5.11 Å². The predicted octanol–water partition coefficient (Wildman–Crippen LogP) is 1.67. The number of carbonyl (C=O) groups is 2. The van der Waals surface area contributed by atoms with E-state index in [9.17, 15) is 14.9 Å². The summed E-state index contributed by atoms with van der Waals surface area (Å²) in [6, 6.07) is 2.18. The number of nitriles is 1. The zero-order chi connectivity index (χ0) is 15.5. The molecule has 1 aromatic rings. The molecular weight excluding hydrogens is 310 g/mol. The van der Waals surface area contributed by atoms with Crippen LogP contribution in [0.5, 0.6) is 0 Å². The van der Waals surface area contributed by atoms with Crippen molar-refractivity contribution in [3.8, 4) is 6.07 Å². The lowest BCUT2D eigenvalue weighted by atomic mass is 9.98. The first-order valence-electron chi connectivity index (χ1n) is 6.44. The number of aromatic nitrogens is 1. The van der Waals surface area contributed by atoms with E-state index in [1.165, 1.54) is 23.1 Å². The number of hydrogen-bond acceptors (Lipinski definition) is 6. The largest absolute Gasteiger partial charge is 0.481 e. The van der Waals surface area contributed by atoms with Crippen LogP contribution in [0.2, 0.25) is 0 Å². The molecule has 1 atom stereocenters. The van der Waals surface area contributed by atoms with E-state index >= 15 is 0 Å². The van der Waals surface area contributed by atoms with Gasteiger partial charge in [0.15, 0.2) is 4.34 Å². The number of nitrogens with one attached hydrogen (secondary N) is 1. The van der Waals surface area contributed by atoms with E-state index in [1.54, 1.807) is 12.3 Å². The molecule has 1 aliphatic rings. The van der Waals surface area contributed by atoms with Crippen molar-refractivity contribution in [3.05, 3.63) is 11.1 Å². The SMILES string of the molecule is CC(C#N)(NC(=O)CSc1nc(CC(=O)O)cs1)C1CC1. The van der Waals surface area contributed by atoms with E-state index in [0.717, 1.165) is 12.8 Å². The Balaban J connectivity index is 1.82. The molecule has 0 spiro atoms. The van der Waals surface area contributed by atoms with E-state index in [2.05, 4.69) is 16.4 Å². The molecule has 8 heteroatoms. The summed E-state index contributed by atoms with van der Waals surface area (Å²) in [6.07, 6.45) is 1.84. The molecule has 0 aromatic carbocycles. The van der Waals surface area contributed by atoms with Crippen LogP contribution in [0, 0.1) is 17.2 Å². The number of rotatable bonds is 7. The molecule has 1 fully saturated rings.